The quantitative estimate of drug-likeness (QED) is 0.320. The van der Waals surface area contributed by atoms with Crippen LogP contribution in [0.3, 0.4) is 0 Å². The molecule has 2 aliphatic heterocycles. The second-order valence-corrected chi connectivity index (χ2v) is 11.4. The van der Waals surface area contributed by atoms with E-state index >= 15 is 0 Å². The van der Waals surface area contributed by atoms with Gasteiger partial charge in [0.25, 0.3) is 11.8 Å². The Bertz CT molecular complexity index is 1350. The summed E-state index contributed by atoms with van der Waals surface area (Å²) in [5, 5.41) is 0. The van der Waals surface area contributed by atoms with Gasteiger partial charge in [0.1, 0.15) is 5.57 Å². The van der Waals surface area contributed by atoms with Gasteiger partial charge in [0, 0.05) is 51.2 Å². The molecule has 0 spiro atoms. The van der Waals surface area contributed by atoms with Gasteiger partial charge in [-0.15, -0.1) is 0 Å². The summed E-state index contributed by atoms with van der Waals surface area (Å²) in [6, 6.07) is 28.9. The molecule has 2 aliphatic rings. The van der Waals surface area contributed by atoms with Gasteiger partial charge in [0.05, 0.1) is 0 Å². The minimum absolute atomic E-state index is 0.0422. The molecule has 0 atom stereocenters. The van der Waals surface area contributed by atoms with E-state index < -0.39 is 22.0 Å². The second-order valence-electron chi connectivity index (χ2n) is 9.63. The number of amides is 2. The van der Waals surface area contributed by atoms with Crippen LogP contribution in [0.2, 0.25) is 0 Å². The van der Waals surface area contributed by atoms with E-state index in [2.05, 4.69) is 17.0 Å². The zero-order chi connectivity index (χ0) is 27.2. The van der Waals surface area contributed by atoms with E-state index in [-0.39, 0.29) is 18.7 Å². The maximum Gasteiger partial charge on any atom is 0.331 e. The van der Waals surface area contributed by atoms with Gasteiger partial charge in [-0.25, -0.2) is 8.61 Å². The van der Waals surface area contributed by atoms with Gasteiger partial charge in [-0.2, -0.15) is 8.42 Å². The summed E-state index contributed by atoms with van der Waals surface area (Å²) >= 11 is 0. The Balaban J connectivity index is 1.38. The molecule has 2 fully saturated rings. The van der Waals surface area contributed by atoms with Crippen molar-refractivity contribution in [3.8, 4) is 0 Å². The molecule has 0 aliphatic carbocycles. The average Bonchev–Trinajstić information content (AvgIpc) is 2.97. The van der Waals surface area contributed by atoms with Crippen LogP contribution in [0.1, 0.15) is 11.1 Å². The monoisotopic (exact) mass is 544 g/mol. The fourth-order valence-corrected chi connectivity index (χ4v) is 6.41. The van der Waals surface area contributed by atoms with E-state index in [1.165, 1.54) is 0 Å². The van der Waals surface area contributed by atoms with Crippen LogP contribution in [0.25, 0.3) is 0 Å². The minimum atomic E-state index is -4.32. The van der Waals surface area contributed by atoms with E-state index in [0.717, 1.165) is 38.5 Å². The number of nitrogens with zero attached hydrogens (tertiary/aromatic N) is 4. The molecule has 2 heterocycles. The van der Waals surface area contributed by atoms with Gasteiger partial charge in [-0.1, -0.05) is 78.9 Å². The maximum atomic E-state index is 13.6. The first-order chi connectivity index (χ1) is 18.9. The highest BCUT2D eigenvalue weighted by Crippen LogP contribution is 2.25. The van der Waals surface area contributed by atoms with Crippen LogP contribution in [0.4, 0.5) is 5.69 Å². The molecule has 39 heavy (non-hydrogen) atoms. The van der Waals surface area contributed by atoms with Crippen molar-refractivity contribution in [1.29, 1.82) is 0 Å². The lowest BCUT2D eigenvalue weighted by molar-refractivity contribution is -0.132. The zero-order valence-electron chi connectivity index (χ0n) is 21.7. The van der Waals surface area contributed by atoms with Gasteiger partial charge in [-0.3, -0.25) is 9.59 Å². The molecule has 8 nitrogen and oxygen atoms in total. The molecule has 0 unspecified atom stereocenters. The van der Waals surface area contributed by atoms with Crippen LogP contribution in [0, 0.1) is 0 Å². The number of para-hydroxylation sites is 1. The van der Waals surface area contributed by atoms with Crippen molar-refractivity contribution < 1.29 is 18.0 Å². The van der Waals surface area contributed by atoms with E-state index in [0.29, 0.717) is 25.9 Å². The average molecular weight is 545 g/mol. The maximum absolute atomic E-state index is 13.6. The Morgan fingerprint density at radius 3 is 1.51 bits per heavy atom. The molecular formula is C30H32N4O4S. The SMILES string of the molecule is O=C1C(=CN2CCN(c3ccccc3)CC2)C(=O)N(CCc2ccccc2)S(=O)(=O)N1CCc1ccccc1. The lowest BCUT2D eigenvalue weighted by Crippen LogP contribution is -2.57. The summed E-state index contributed by atoms with van der Waals surface area (Å²) in [6.07, 6.45) is 2.28. The van der Waals surface area contributed by atoms with Crippen molar-refractivity contribution in [1.82, 2.24) is 13.5 Å². The number of hydrogen-bond donors (Lipinski definition) is 0. The van der Waals surface area contributed by atoms with Crippen LogP contribution in [0.5, 0.6) is 0 Å². The lowest BCUT2D eigenvalue weighted by Gasteiger charge is -2.38. The number of piperazine rings is 1. The van der Waals surface area contributed by atoms with E-state index in [9.17, 15) is 18.0 Å². The number of carbonyl (C=O) groups is 2. The highest BCUT2D eigenvalue weighted by atomic mass is 32.2. The first kappa shape index (κ1) is 26.5. The van der Waals surface area contributed by atoms with E-state index in [4.69, 9.17) is 0 Å². The van der Waals surface area contributed by atoms with Crippen LogP contribution in [-0.2, 0) is 32.6 Å². The van der Waals surface area contributed by atoms with Crippen molar-refractivity contribution >= 4 is 27.7 Å². The van der Waals surface area contributed by atoms with Crippen molar-refractivity contribution in [2.45, 2.75) is 12.8 Å². The Morgan fingerprint density at radius 1 is 0.615 bits per heavy atom. The van der Waals surface area contributed by atoms with Gasteiger partial charge in [-0.05, 0) is 36.1 Å². The Morgan fingerprint density at radius 2 is 1.05 bits per heavy atom. The first-order valence-corrected chi connectivity index (χ1v) is 14.6. The largest absolute Gasteiger partial charge is 0.373 e. The minimum Gasteiger partial charge on any atom is -0.373 e. The summed E-state index contributed by atoms with van der Waals surface area (Å²) in [6.45, 7) is 2.59. The Labute approximate surface area is 229 Å². The number of hydrogen-bond acceptors (Lipinski definition) is 6. The molecule has 0 bridgehead atoms. The van der Waals surface area contributed by atoms with Crippen LogP contribution in [0.15, 0.2) is 103 Å². The number of carbonyl (C=O) groups excluding carboxylic acids is 2. The van der Waals surface area contributed by atoms with E-state index in [1.54, 1.807) is 6.20 Å². The molecule has 0 saturated carbocycles. The molecule has 3 aromatic carbocycles. The molecule has 202 valence electrons. The van der Waals surface area contributed by atoms with Crippen LogP contribution >= 0.6 is 0 Å². The van der Waals surface area contributed by atoms with E-state index in [1.807, 2.05) is 83.8 Å². The molecule has 5 rings (SSSR count). The number of benzene rings is 3. The highest BCUT2D eigenvalue weighted by molar-refractivity contribution is 7.88. The third-order valence-electron chi connectivity index (χ3n) is 7.11. The standard InChI is InChI=1S/C30H32N4O4S/c35-29-28(24-31-20-22-32(23-21-31)27-14-8-3-9-15-27)30(36)34(19-17-26-12-6-2-7-13-26)39(37,38)33(29)18-16-25-10-4-1-5-11-25/h1-15,24H,16-23H2. The van der Waals surface area contributed by atoms with Gasteiger partial charge >= 0.3 is 10.2 Å². The molecule has 0 N–H and O–H groups in total. The summed E-state index contributed by atoms with van der Waals surface area (Å²) in [4.78, 5) is 31.3. The molecule has 0 radical (unpaired) electrons. The lowest BCUT2D eigenvalue weighted by atomic mass is 10.1. The summed E-state index contributed by atoms with van der Waals surface area (Å²) in [5.74, 6) is -1.53. The summed E-state index contributed by atoms with van der Waals surface area (Å²) < 4.78 is 28.9. The van der Waals surface area contributed by atoms with Crippen molar-refractivity contribution in [2.75, 3.05) is 44.2 Å². The third-order valence-corrected chi connectivity index (χ3v) is 8.92. The molecule has 9 heteroatoms. The molecule has 2 saturated heterocycles. The fraction of sp³-hybridized carbons (Fsp3) is 0.267. The summed E-state index contributed by atoms with van der Waals surface area (Å²) in [5.41, 5.74) is 2.84. The Hall–Kier alpha value is -4.11. The van der Waals surface area contributed by atoms with Crippen molar-refractivity contribution in [2.24, 2.45) is 0 Å². The third kappa shape index (κ3) is 5.98. The summed E-state index contributed by atoms with van der Waals surface area (Å²) in [7, 11) is -4.32. The second kappa shape index (κ2) is 11.7. The number of anilines is 1. The smallest absolute Gasteiger partial charge is 0.331 e. The van der Waals surface area contributed by atoms with Crippen LogP contribution < -0.4 is 4.90 Å². The molecular weight excluding hydrogens is 512 g/mol. The normalized spacial score (nSPS) is 17.5. The fourth-order valence-electron chi connectivity index (χ4n) is 4.91. The Kier molecular flexibility index (Phi) is 7.97. The highest BCUT2D eigenvalue weighted by Gasteiger charge is 2.46. The van der Waals surface area contributed by atoms with Gasteiger partial charge in [0.2, 0.25) is 0 Å². The van der Waals surface area contributed by atoms with Gasteiger partial charge in [0.15, 0.2) is 0 Å². The van der Waals surface area contributed by atoms with Gasteiger partial charge < -0.3 is 9.80 Å². The first-order valence-electron chi connectivity index (χ1n) is 13.2. The van der Waals surface area contributed by atoms with Crippen molar-refractivity contribution in [3.63, 3.8) is 0 Å². The predicted molar refractivity (Wildman–Crippen MR) is 151 cm³/mol. The zero-order valence-corrected chi connectivity index (χ0v) is 22.5. The van der Waals surface area contributed by atoms with Crippen LogP contribution in [-0.4, -0.2) is 73.0 Å². The van der Waals surface area contributed by atoms with Crippen molar-refractivity contribution in [3.05, 3.63) is 114 Å². The topological polar surface area (TPSA) is 81.2 Å². The molecule has 3 aromatic rings. The molecule has 0 aromatic heterocycles. The molecule has 2 amide bonds. The predicted octanol–water partition coefficient (Wildman–Crippen LogP) is 3.09. The number of rotatable bonds is 8.